The molecule has 1 aliphatic carbocycles. The van der Waals surface area contributed by atoms with Crippen molar-refractivity contribution in [2.75, 3.05) is 26.2 Å². The Kier molecular flexibility index (Phi) is 5.61. The Hall–Kier alpha value is -2.04. The number of carbonyl (C=O) groups excluding carboxylic acids is 2. The molecule has 2 aliphatic heterocycles. The minimum Gasteiger partial charge on any atom is -0.490 e. The lowest BCUT2D eigenvalue weighted by atomic mass is 9.95. The lowest BCUT2D eigenvalue weighted by Gasteiger charge is -2.38. The standard InChI is InChI=1S/C23H32N2O3/c1-16-5-6-17(2)21(14-16)28-20-9-12-24(13-10-20)23(27)19-4-3-11-25(15-19)22(26)18-7-8-18/h5-6,14,18-20H,3-4,7-13,15H2,1-2H3. The van der Waals surface area contributed by atoms with E-state index in [2.05, 4.69) is 32.0 Å². The minimum atomic E-state index is -0.0204. The van der Waals surface area contributed by atoms with Gasteiger partial charge in [-0.2, -0.15) is 0 Å². The first-order valence-corrected chi connectivity index (χ1v) is 10.8. The van der Waals surface area contributed by atoms with Gasteiger partial charge < -0.3 is 14.5 Å². The predicted molar refractivity (Wildman–Crippen MR) is 108 cm³/mol. The van der Waals surface area contributed by atoms with E-state index < -0.39 is 0 Å². The molecule has 5 heteroatoms. The Morgan fingerprint density at radius 3 is 2.32 bits per heavy atom. The number of amides is 2. The van der Waals surface area contributed by atoms with Crippen molar-refractivity contribution >= 4 is 11.8 Å². The molecule has 2 heterocycles. The van der Waals surface area contributed by atoms with E-state index in [1.165, 1.54) is 5.56 Å². The van der Waals surface area contributed by atoms with E-state index in [4.69, 9.17) is 4.74 Å². The summed E-state index contributed by atoms with van der Waals surface area (Å²) in [7, 11) is 0. The van der Waals surface area contributed by atoms with Crippen molar-refractivity contribution in [2.24, 2.45) is 11.8 Å². The Bertz CT molecular complexity index is 735. The molecule has 152 valence electrons. The molecule has 3 aliphatic rings. The number of rotatable bonds is 4. The summed E-state index contributed by atoms with van der Waals surface area (Å²) in [5, 5.41) is 0. The molecule has 1 aromatic rings. The Labute approximate surface area is 168 Å². The average molecular weight is 385 g/mol. The Balaban J connectivity index is 1.28. The fourth-order valence-electron chi connectivity index (χ4n) is 4.43. The van der Waals surface area contributed by atoms with Gasteiger partial charge in [-0.3, -0.25) is 9.59 Å². The second kappa shape index (κ2) is 8.14. The van der Waals surface area contributed by atoms with Gasteiger partial charge in [-0.1, -0.05) is 12.1 Å². The van der Waals surface area contributed by atoms with E-state index in [1.54, 1.807) is 0 Å². The number of likely N-dealkylation sites (tertiary alicyclic amines) is 2. The highest BCUT2D eigenvalue weighted by Crippen LogP contribution is 2.33. The summed E-state index contributed by atoms with van der Waals surface area (Å²) in [6.45, 7) is 7.10. The largest absolute Gasteiger partial charge is 0.490 e. The first kappa shape index (κ1) is 19.3. The van der Waals surface area contributed by atoms with Gasteiger partial charge >= 0.3 is 0 Å². The van der Waals surface area contributed by atoms with Gasteiger partial charge in [0.25, 0.3) is 0 Å². The van der Waals surface area contributed by atoms with E-state index in [0.717, 1.165) is 69.5 Å². The minimum absolute atomic E-state index is 0.0204. The van der Waals surface area contributed by atoms with E-state index in [0.29, 0.717) is 6.54 Å². The number of nitrogens with zero attached hydrogens (tertiary/aromatic N) is 2. The molecule has 1 saturated carbocycles. The van der Waals surface area contributed by atoms with E-state index in [9.17, 15) is 9.59 Å². The van der Waals surface area contributed by atoms with Crippen molar-refractivity contribution in [1.82, 2.24) is 9.80 Å². The highest BCUT2D eigenvalue weighted by molar-refractivity contribution is 5.83. The van der Waals surface area contributed by atoms with Crippen LogP contribution in [-0.2, 0) is 9.59 Å². The second-order valence-electron chi connectivity index (χ2n) is 8.81. The van der Waals surface area contributed by atoms with Gasteiger partial charge in [-0.25, -0.2) is 0 Å². The maximum atomic E-state index is 13.0. The van der Waals surface area contributed by atoms with Crippen molar-refractivity contribution in [1.29, 1.82) is 0 Å². The maximum Gasteiger partial charge on any atom is 0.227 e. The first-order valence-electron chi connectivity index (χ1n) is 10.8. The third-order valence-electron chi connectivity index (χ3n) is 6.40. The first-order chi connectivity index (χ1) is 13.5. The predicted octanol–water partition coefficient (Wildman–Crippen LogP) is 3.32. The van der Waals surface area contributed by atoms with Crippen molar-refractivity contribution in [2.45, 2.75) is 58.5 Å². The van der Waals surface area contributed by atoms with Crippen LogP contribution in [0.2, 0.25) is 0 Å². The van der Waals surface area contributed by atoms with Crippen LogP contribution >= 0.6 is 0 Å². The van der Waals surface area contributed by atoms with Gasteiger partial charge in [0, 0.05) is 44.9 Å². The molecule has 28 heavy (non-hydrogen) atoms. The number of piperidine rings is 2. The van der Waals surface area contributed by atoms with Crippen molar-refractivity contribution < 1.29 is 14.3 Å². The van der Waals surface area contributed by atoms with Crippen molar-refractivity contribution in [3.63, 3.8) is 0 Å². The molecule has 4 rings (SSSR count). The van der Waals surface area contributed by atoms with Gasteiger partial charge in [0.2, 0.25) is 11.8 Å². The van der Waals surface area contributed by atoms with Crippen LogP contribution in [0.15, 0.2) is 18.2 Å². The van der Waals surface area contributed by atoms with Crippen molar-refractivity contribution in [3.05, 3.63) is 29.3 Å². The summed E-state index contributed by atoms with van der Waals surface area (Å²) in [5.41, 5.74) is 2.36. The average Bonchev–Trinajstić information content (AvgIpc) is 3.56. The molecule has 1 unspecified atom stereocenters. The van der Waals surface area contributed by atoms with Crippen LogP contribution in [-0.4, -0.2) is 53.9 Å². The van der Waals surface area contributed by atoms with Crippen LogP contribution in [0.3, 0.4) is 0 Å². The van der Waals surface area contributed by atoms with Crippen LogP contribution in [0.5, 0.6) is 5.75 Å². The molecular weight excluding hydrogens is 352 g/mol. The molecule has 1 aromatic carbocycles. The third kappa shape index (κ3) is 4.34. The van der Waals surface area contributed by atoms with Crippen LogP contribution in [0.25, 0.3) is 0 Å². The number of hydrogen-bond acceptors (Lipinski definition) is 3. The molecule has 3 fully saturated rings. The summed E-state index contributed by atoms with van der Waals surface area (Å²) in [4.78, 5) is 29.3. The number of hydrogen-bond donors (Lipinski definition) is 0. The summed E-state index contributed by atoms with van der Waals surface area (Å²) in [5.74, 6) is 1.70. The highest BCUT2D eigenvalue weighted by atomic mass is 16.5. The van der Waals surface area contributed by atoms with Crippen molar-refractivity contribution in [3.8, 4) is 5.75 Å². The van der Waals surface area contributed by atoms with Crippen LogP contribution < -0.4 is 4.74 Å². The summed E-state index contributed by atoms with van der Waals surface area (Å²) < 4.78 is 6.23. The zero-order chi connectivity index (χ0) is 19.7. The number of benzene rings is 1. The van der Waals surface area contributed by atoms with Gasteiger partial charge in [0.1, 0.15) is 11.9 Å². The number of carbonyl (C=O) groups is 2. The second-order valence-corrected chi connectivity index (χ2v) is 8.81. The Morgan fingerprint density at radius 1 is 0.893 bits per heavy atom. The van der Waals surface area contributed by atoms with Crippen LogP contribution in [0.1, 0.15) is 49.7 Å². The zero-order valence-corrected chi connectivity index (χ0v) is 17.2. The molecule has 5 nitrogen and oxygen atoms in total. The zero-order valence-electron chi connectivity index (χ0n) is 17.2. The summed E-state index contributed by atoms with van der Waals surface area (Å²) in [6, 6.07) is 6.30. The molecular formula is C23H32N2O3. The van der Waals surface area contributed by atoms with Gasteiger partial charge in [0.05, 0.1) is 5.92 Å². The molecule has 0 N–H and O–H groups in total. The lowest BCUT2D eigenvalue weighted by molar-refractivity contribution is -0.142. The van der Waals surface area contributed by atoms with Crippen LogP contribution in [0.4, 0.5) is 0 Å². The van der Waals surface area contributed by atoms with E-state index in [1.807, 2.05) is 9.80 Å². The van der Waals surface area contributed by atoms with Gasteiger partial charge in [-0.15, -0.1) is 0 Å². The SMILES string of the molecule is Cc1ccc(C)c(OC2CCN(C(=O)C3CCCN(C(=O)C4CC4)C3)CC2)c1. The fraction of sp³-hybridized carbons (Fsp3) is 0.652. The van der Waals surface area contributed by atoms with Crippen LogP contribution in [0, 0.1) is 25.7 Å². The molecule has 0 bridgehead atoms. The normalized spacial score (nSPS) is 23.6. The molecule has 0 aromatic heterocycles. The molecule has 1 atom stereocenters. The third-order valence-corrected chi connectivity index (χ3v) is 6.40. The van der Waals surface area contributed by atoms with Gasteiger partial charge in [0.15, 0.2) is 0 Å². The number of aryl methyl sites for hydroxylation is 2. The fourth-order valence-corrected chi connectivity index (χ4v) is 4.43. The quantitative estimate of drug-likeness (QED) is 0.800. The molecule has 0 spiro atoms. The Morgan fingerprint density at radius 2 is 1.61 bits per heavy atom. The smallest absolute Gasteiger partial charge is 0.227 e. The maximum absolute atomic E-state index is 13.0. The molecule has 2 amide bonds. The van der Waals surface area contributed by atoms with E-state index >= 15 is 0 Å². The van der Waals surface area contributed by atoms with Gasteiger partial charge in [-0.05, 0) is 56.7 Å². The number of ether oxygens (including phenoxy) is 1. The lowest BCUT2D eigenvalue weighted by Crippen LogP contribution is -2.49. The van der Waals surface area contributed by atoms with E-state index in [-0.39, 0.29) is 29.8 Å². The summed E-state index contributed by atoms with van der Waals surface area (Å²) >= 11 is 0. The highest BCUT2D eigenvalue weighted by Gasteiger charge is 2.38. The topological polar surface area (TPSA) is 49.9 Å². The monoisotopic (exact) mass is 384 g/mol. The molecule has 0 radical (unpaired) electrons. The molecule has 2 saturated heterocycles. The summed E-state index contributed by atoms with van der Waals surface area (Å²) in [6.07, 6.45) is 5.83.